The first-order chi connectivity index (χ1) is 13.0. The first kappa shape index (κ1) is 21.3. The number of hydrogen-bond acceptors (Lipinski definition) is 3. The molecule has 10 heteroatoms. The van der Waals surface area contributed by atoms with E-state index in [4.69, 9.17) is 11.6 Å². The highest BCUT2D eigenvalue weighted by Gasteiger charge is 2.39. The van der Waals surface area contributed by atoms with Crippen LogP contribution in [0.1, 0.15) is 6.92 Å². The molecule has 0 spiro atoms. The molecule has 3 aromatic carbocycles. The van der Waals surface area contributed by atoms with E-state index in [-0.39, 0.29) is 15.6 Å². The normalized spacial score (nSPS) is 13.5. The van der Waals surface area contributed by atoms with Crippen LogP contribution in [0.15, 0.2) is 70.0 Å². The summed E-state index contributed by atoms with van der Waals surface area (Å²) in [5, 5.41) is 1.47. The van der Waals surface area contributed by atoms with E-state index in [1.165, 1.54) is 31.2 Å². The fraction of sp³-hybridized carbons (Fsp3) is 0.111. The standard InChI is InChI=1S/C18H16BrClNO5PS/c1-12(27(22,23)24)21(18-8-4-6-13-5-2-3-7-17(13)18)28(25,26)16-10-14(19)9-15(20)11-16/h2-12H,1H3,(H2,22,23,24). The molecule has 0 radical (unpaired) electrons. The van der Waals surface area contributed by atoms with Crippen LogP contribution in [0.2, 0.25) is 5.02 Å². The van der Waals surface area contributed by atoms with Gasteiger partial charge in [-0.15, -0.1) is 0 Å². The molecule has 0 aliphatic rings. The van der Waals surface area contributed by atoms with Crippen molar-refractivity contribution in [3.05, 3.63) is 70.2 Å². The zero-order valence-electron chi connectivity index (χ0n) is 14.5. The van der Waals surface area contributed by atoms with Gasteiger partial charge in [-0.2, -0.15) is 0 Å². The first-order valence-electron chi connectivity index (χ1n) is 8.05. The third-order valence-corrected chi connectivity index (χ3v) is 8.12. The minimum atomic E-state index is -4.79. The molecule has 2 N–H and O–H groups in total. The van der Waals surface area contributed by atoms with E-state index < -0.39 is 23.4 Å². The maximum Gasteiger partial charge on any atom is 0.348 e. The zero-order chi connectivity index (χ0) is 20.7. The number of benzene rings is 3. The lowest BCUT2D eigenvalue weighted by molar-refractivity contribution is 0.361. The summed E-state index contributed by atoms with van der Waals surface area (Å²) in [6, 6.07) is 16.1. The monoisotopic (exact) mass is 503 g/mol. The Morgan fingerprint density at radius 2 is 1.71 bits per heavy atom. The van der Waals surface area contributed by atoms with Crippen LogP contribution in [-0.2, 0) is 14.6 Å². The molecule has 0 aromatic heterocycles. The van der Waals surface area contributed by atoms with Gasteiger partial charge in [0, 0.05) is 14.9 Å². The predicted octanol–water partition coefficient (Wildman–Crippen LogP) is 4.97. The summed E-state index contributed by atoms with van der Waals surface area (Å²) in [7, 11) is -9.14. The largest absolute Gasteiger partial charge is 0.348 e. The lowest BCUT2D eigenvalue weighted by Crippen LogP contribution is -2.38. The van der Waals surface area contributed by atoms with Crippen molar-refractivity contribution in [1.82, 2.24) is 0 Å². The summed E-state index contributed by atoms with van der Waals surface area (Å²) in [5.41, 5.74) is 0.171. The third-order valence-electron chi connectivity index (χ3n) is 4.22. The van der Waals surface area contributed by atoms with Gasteiger partial charge in [-0.1, -0.05) is 63.9 Å². The van der Waals surface area contributed by atoms with Gasteiger partial charge in [0.25, 0.3) is 10.0 Å². The van der Waals surface area contributed by atoms with Crippen LogP contribution in [0.5, 0.6) is 0 Å². The second-order valence-corrected chi connectivity index (χ2v) is 11.2. The summed E-state index contributed by atoms with van der Waals surface area (Å²) in [5.74, 6) is -1.62. The van der Waals surface area contributed by atoms with Gasteiger partial charge in [-0.25, -0.2) is 8.42 Å². The van der Waals surface area contributed by atoms with Gasteiger partial charge in [0.15, 0.2) is 0 Å². The topological polar surface area (TPSA) is 94.9 Å². The minimum Gasteiger partial charge on any atom is -0.323 e. The van der Waals surface area contributed by atoms with Crippen molar-refractivity contribution < 1.29 is 22.8 Å². The number of anilines is 1. The lowest BCUT2D eigenvalue weighted by atomic mass is 10.1. The minimum absolute atomic E-state index is 0.171. The summed E-state index contributed by atoms with van der Waals surface area (Å²) >= 11 is 9.21. The number of halogens is 2. The van der Waals surface area contributed by atoms with Gasteiger partial charge < -0.3 is 9.79 Å². The quantitative estimate of drug-likeness (QED) is 0.478. The zero-order valence-corrected chi connectivity index (χ0v) is 18.6. The molecule has 6 nitrogen and oxygen atoms in total. The van der Waals surface area contributed by atoms with Gasteiger partial charge >= 0.3 is 7.60 Å². The molecule has 0 aliphatic heterocycles. The smallest absolute Gasteiger partial charge is 0.323 e. The number of fused-ring (bicyclic) bond motifs is 1. The summed E-state index contributed by atoms with van der Waals surface area (Å²) < 4.78 is 40.2. The van der Waals surface area contributed by atoms with E-state index >= 15 is 0 Å². The maximum atomic E-state index is 13.5. The maximum absolute atomic E-state index is 13.5. The molecule has 1 unspecified atom stereocenters. The molecule has 1 atom stereocenters. The van der Waals surface area contributed by atoms with Crippen molar-refractivity contribution in [3.8, 4) is 0 Å². The Morgan fingerprint density at radius 3 is 2.36 bits per heavy atom. The molecule has 0 fully saturated rings. The molecule has 0 saturated heterocycles. The van der Waals surface area contributed by atoms with Crippen LogP contribution in [0.3, 0.4) is 0 Å². The predicted molar refractivity (Wildman–Crippen MR) is 114 cm³/mol. The molecule has 0 amide bonds. The molecule has 0 aliphatic carbocycles. The average molecular weight is 505 g/mol. The molecule has 148 valence electrons. The van der Waals surface area contributed by atoms with Crippen LogP contribution in [-0.4, -0.2) is 24.0 Å². The van der Waals surface area contributed by atoms with Crippen molar-refractivity contribution in [2.24, 2.45) is 0 Å². The number of sulfonamides is 1. The highest BCUT2D eigenvalue weighted by atomic mass is 79.9. The van der Waals surface area contributed by atoms with Crippen molar-refractivity contribution in [2.75, 3.05) is 4.31 Å². The van der Waals surface area contributed by atoms with Gasteiger partial charge in [-0.05, 0) is 36.6 Å². The first-order valence-corrected chi connectivity index (χ1v) is 12.3. The van der Waals surface area contributed by atoms with Gasteiger partial charge in [0.05, 0.1) is 10.6 Å². The van der Waals surface area contributed by atoms with E-state index in [9.17, 15) is 22.8 Å². The fourth-order valence-corrected chi connectivity index (χ4v) is 6.67. The third kappa shape index (κ3) is 4.13. The molecule has 0 heterocycles. The van der Waals surface area contributed by atoms with Crippen molar-refractivity contribution in [3.63, 3.8) is 0 Å². The molecule has 0 saturated carbocycles. The van der Waals surface area contributed by atoms with Crippen LogP contribution >= 0.6 is 35.1 Å². The Morgan fingerprint density at radius 1 is 1.07 bits per heavy atom. The van der Waals surface area contributed by atoms with Crippen LogP contribution < -0.4 is 4.31 Å². The highest BCUT2D eigenvalue weighted by molar-refractivity contribution is 9.10. The fourth-order valence-electron chi connectivity index (χ4n) is 2.86. The van der Waals surface area contributed by atoms with Crippen molar-refractivity contribution >= 4 is 61.6 Å². The SMILES string of the molecule is CC(N(c1cccc2ccccc12)S(=O)(=O)c1cc(Cl)cc(Br)c1)P(=O)(O)O. The Labute approximate surface area is 176 Å². The van der Waals surface area contributed by atoms with E-state index in [1.54, 1.807) is 36.4 Å². The molecular weight excluding hydrogens is 489 g/mol. The number of hydrogen-bond donors (Lipinski definition) is 2. The molecule has 3 aromatic rings. The van der Waals surface area contributed by atoms with E-state index in [1.807, 2.05) is 0 Å². The summed E-state index contributed by atoms with van der Waals surface area (Å²) in [4.78, 5) is 19.4. The second kappa shape index (κ2) is 7.78. The summed E-state index contributed by atoms with van der Waals surface area (Å²) in [6.45, 7) is 1.18. The van der Waals surface area contributed by atoms with Crippen molar-refractivity contribution in [1.29, 1.82) is 0 Å². The average Bonchev–Trinajstić information content (AvgIpc) is 2.60. The molecule has 0 bridgehead atoms. The lowest BCUT2D eigenvalue weighted by Gasteiger charge is -2.31. The molecular formula is C18H16BrClNO5PS. The van der Waals surface area contributed by atoms with E-state index in [0.29, 0.717) is 9.86 Å². The Kier molecular flexibility index (Phi) is 5.92. The second-order valence-electron chi connectivity index (χ2n) is 6.13. The van der Waals surface area contributed by atoms with Gasteiger partial charge in [0.2, 0.25) is 0 Å². The number of rotatable bonds is 5. The van der Waals surface area contributed by atoms with E-state index in [2.05, 4.69) is 15.9 Å². The number of nitrogens with zero attached hydrogens (tertiary/aromatic N) is 1. The van der Waals surface area contributed by atoms with Gasteiger partial charge in [-0.3, -0.25) is 8.87 Å². The Balaban J connectivity index is 2.33. The van der Waals surface area contributed by atoms with Crippen molar-refractivity contribution in [2.45, 2.75) is 17.6 Å². The summed E-state index contributed by atoms with van der Waals surface area (Å²) in [6.07, 6.45) is 0. The van der Waals surface area contributed by atoms with Gasteiger partial charge in [0.1, 0.15) is 5.78 Å². The molecule has 28 heavy (non-hydrogen) atoms. The van der Waals surface area contributed by atoms with Crippen LogP contribution in [0.4, 0.5) is 5.69 Å². The van der Waals surface area contributed by atoms with Crippen LogP contribution in [0.25, 0.3) is 10.8 Å². The Bertz CT molecular complexity index is 1170. The van der Waals surface area contributed by atoms with E-state index in [0.717, 1.165) is 9.69 Å². The molecule has 3 rings (SSSR count). The Hall–Kier alpha value is -1.41. The highest BCUT2D eigenvalue weighted by Crippen LogP contribution is 2.47. The van der Waals surface area contributed by atoms with Crippen LogP contribution in [0, 0.1) is 0 Å².